The van der Waals surface area contributed by atoms with E-state index in [1.807, 2.05) is 0 Å². The van der Waals surface area contributed by atoms with Crippen molar-refractivity contribution in [1.29, 1.82) is 0 Å². The molecule has 0 spiro atoms. The number of nitrogens with two attached hydrogens (primary N) is 1. The van der Waals surface area contributed by atoms with Crippen molar-refractivity contribution in [3.63, 3.8) is 0 Å². The summed E-state index contributed by atoms with van der Waals surface area (Å²) in [6.45, 7) is 0. The minimum absolute atomic E-state index is 0.0212. The van der Waals surface area contributed by atoms with Crippen molar-refractivity contribution in [1.82, 2.24) is 0 Å². The molecule has 2 N–H and O–H groups in total. The van der Waals surface area contributed by atoms with Gasteiger partial charge >= 0.3 is 0 Å². The van der Waals surface area contributed by atoms with Gasteiger partial charge in [-0.3, -0.25) is 4.31 Å². The fraction of sp³-hybridized carbons (Fsp3) is 0.0769. The Morgan fingerprint density at radius 2 is 1.85 bits per heavy atom. The Balaban J connectivity index is 2.49. The van der Waals surface area contributed by atoms with Crippen molar-refractivity contribution < 1.29 is 12.8 Å². The van der Waals surface area contributed by atoms with Gasteiger partial charge in [0.2, 0.25) is 0 Å². The van der Waals surface area contributed by atoms with Crippen molar-refractivity contribution in [2.24, 2.45) is 0 Å². The second kappa shape index (κ2) is 5.30. The highest BCUT2D eigenvalue weighted by Gasteiger charge is 2.24. The molecule has 0 saturated heterocycles. The molecule has 0 aliphatic heterocycles. The van der Waals surface area contributed by atoms with Crippen LogP contribution in [-0.2, 0) is 10.0 Å². The van der Waals surface area contributed by atoms with Crippen molar-refractivity contribution in [3.8, 4) is 0 Å². The second-order valence-corrected chi connectivity index (χ2v) is 6.45. The Hall–Kier alpha value is -1.79. The summed E-state index contributed by atoms with van der Waals surface area (Å²) in [5.41, 5.74) is 5.58. The standard InChI is InChI=1S/C13H12ClFN2O2S/c1-17(9-6-7-11(15)12(16)8-9)20(18,19)13-5-3-2-4-10(13)14/h2-8H,16H2,1H3. The summed E-state index contributed by atoms with van der Waals surface area (Å²) >= 11 is 5.91. The summed E-state index contributed by atoms with van der Waals surface area (Å²) in [4.78, 5) is -0.0212. The van der Waals surface area contributed by atoms with Gasteiger partial charge < -0.3 is 5.73 Å². The van der Waals surface area contributed by atoms with E-state index < -0.39 is 15.8 Å². The van der Waals surface area contributed by atoms with Crippen LogP contribution >= 0.6 is 11.6 Å². The lowest BCUT2D eigenvalue weighted by atomic mass is 10.3. The number of benzene rings is 2. The average molecular weight is 315 g/mol. The van der Waals surface area contributed by atoms with Crippen LogP contribution in [0, 0.1) is 5.82 Å². The molecule has 0 radical (unpaired) electrons. The first kappa shape index (κ1) is 14.6. The fourth-order valence-corrected chi connectivity index (χ4v) is 3.35. The largest absolute Gasteiger partial charge is 0.396 e. The molecule has 106 valence electrons. The molecule has 0 fully saturated rings. The SMILES string of the molecule is CN(c1ccc(F)c(N)c1)S(=O)(=O)c1ccccc1Cl. The lowest BCUT2D eigenvalue weighted by molar-refractivity contribution is 0.594. The molecule has 7 heteroatoms. The molecular formula is C13H12ClFN2O2S. The second-order valence-electron chi connectivity index (χ2n) is 4.11. The molecule has 0 heterocycles. The molecule has 0 unspecified atom stereocenters. The van der Waals surface area contributed by atoms with Crippen molar-refractivity contribution >= 4 is 33.0 Å². The number of anilines is 2. The molecular weight excluding hydrogens is 303 g/mol. The van der Waals surface area contributed by atoms with E-state index in [1.165, 1.54) is 31.3 Å². The maximum Gasteiger partial charge on any atom is 0.265 e. The van der Waals surface area contributed by atoms with Gasteiger partial charge in [0.1, 0.15) is 10.7 Å². The molecule has 2 aromatic rings. The van der Waals surface area contributed by atoms with Gasteiger partial charge in [0, 0.05) is 7.05 Å². The Morgan fingerprint density at radius 3 is 2.45 bits per heavy atom. The molecule has 0 amide bonds. The predicted octanol–water partition coefficient (Wildman–Crippen LogP) is 2.89. The molecule has 0 bridgehead atoms. The highest BCUT2D eigenvalue weighted by Crippen LogP contribution is 2.28. The first-order valence-corrected chi connectivity index (χ1v) is 7.44. The van der Waals surface area contributed by atoms with Gasteiger partial charge in [-0.1, -0.05) is 23.7 Å². The highest BCUT2D eigenvalue weighted by atomic mass is 35.5. The number of rotatable bonds is 3. The first-order valence-electron chi connectivity index (χ1n) is 5.62. The van der Waals surface area contributed by atoms with E-state index in [4.69, 9.17) is 17.3 Å². The number of hydrogen-bond donors (Lipinski definition) is 1. The minimum Gasteiger partial charge on any atom is -0.396 e. The number of nitrogens with zero attached hydrogens (tertiary/aromatic N) is 1. The van der Waals surface area contributed by atoms with E-state index >= 15 is 0 Å². The summed E-state index contributed by atoms with van der Waals surface area (Å²) in [7, 11) is -2.48. The van der Waals surface area contributed by atoms with Gasteiger partial charge in [-0.25, -0.2) is 12.8 Å². The van der Waals surface area contributed by atoms with Crippen LogP contribution in [-0.4, -0.2) is 15.5 Å². The van der Waals surface area contributed by atoms with Gasteiger partial charge in [0.05, 0.1) is 16.4 Å². The summed E-state index contributed by atoms with van der Waals surface area (Å²) in [6, 6.07) is 9.80. The van der Waals surface area contributed by atoms with E-state index in [-0.39, 0.29) is 21.3 Å². The molecule has 20 heavy (non-hydrogen) atoms. The maximum absolute atomic E-state index is 13.1. The fourth-order valence-electron chi connectivity index (χ4n) is 1.67. The van der Waals surface area contributed by atoms with Gasteiger partial charge in [-0.05, 0) is 30.3 Å². The Bertz CT molecular complexity index is 750. The summed E-state index contributed by atoms with van der Waals surface area (Å²) < 4.78 is 39.0. The van der Waals surface area contributed by atoms with E-state index in [0.717, 1.165) is 10.4 Å². The number of nitrogen functional groups attached to an aromatic ring is 1. The lowest BCUT2D eigenvalue weighted by Crippen LogP contribution is -2.26. The molecule has 4 nitrogen and oxygen atoms in total. The zero-order valence-corrected chi connectivity index (χ0v) is 12.1. The van der Waals surface area contributed by atoms with Crippen LogP contribution in [0.4, 0.5) is 15.8 Å². The molecule has 0 aliphatic rings. The van der Waals surface area contributed by atoms with Crippen LogP contribution < -0.4 is 10.0 Å². The zero-order valence-electron chi connectivity index (χ0n) is 10.5. The van der Waals surface area contributed by atoms with Crippen molar-refractivity contribution in [2.45, 2.75) is 4.90 Å². The number of sulfonamides is 1. The Labute approximate surface area is 121 Å². The molecule has 0 atom stereocenters. The third-order valence-electron chi connectivity index (χ3n) is 2.82. The molecule has 0 aliphatic carbocycles. The average Bonchev–Trinajstić information content (AvgIpc) is 2.41. The smallest absolute Gasteiger partial charge is 0.265 e. The van der Waals surface area contributed by atoms with Gasteiger partial charge in [-0.15, -0.1) is 0 Å². The van der Waals surface area contributed by atoms with Gasteiger partial charge in [0.25, 0.3) is 10.0 Å². The summed E-state index contributed by atoms with van der Waals surface area (Å²) in [5, 5.41) is 0.120. The van der Waals surface area contributed by atoms with Crippen LogP contribution in [0.3, 0.4) is 0 Å². The van der Waals surface area contributed by atoms with E-state index in [1.54, 1.807) is 12.1 Å². The van der Waals surface area contributed by atoms with E-state index in [2.05, 4.69) is 0 Å². The van der Waals surface area contributed by atoms with Crippen LogP contribution in [0.15, 0.2) is 47.4 Å². The minimum atomic E-state index is -3.83. The van der Waals surface area contributed by atoms with Gasteiger partial charge in [0.15, 0.2) is 0 Å². The Morgan fingerprint density at radius 1 is 1.20 bits per heavy atom. The lowest BCUT2D eigenvalue weighted by Gasteiger charge is -2.20. The van der Waals surface area contributed by atoms with Crippen LogP contribution in [0.2, 0.25) is 5.02 Å². The molecule has 0 saturated carbocycles. The highest BCUT2D eigenvalue weighted by molar-refractivity contribution is 7.93. The third-order valence-corrected chi connectivity index (χ3v) is 5.10. The normalized spacial score (nSPS) is 11.3. The van der Waals surface area contributed by atoms with Gasteiger partial charge in [-0.2, -0.15) is 0 Å². The van der Waals surface area contributed by atoms with Crippen molar-refractivity contribution in [2.75, 3.05) is 17.1 Å². The predicted molar refractivity (Wildman–Crippen MR) is 77.9 cm³/mol. The van der Waals surface area contributed by atoms with Crippen LogP contribution in [0.25, 0.3) is 0 Å². The number of halogens is 2. The van der Waals surface area contributed by atoms with E-state index in [9.17, 15) is 12.8 Å². The summed E-state index contributed by atoms with van der Waals surface area (Å²) in [6.07, 6.45) is 0. The van der Waals surface area contributed by atoms with Crippen LogP contribution in [0.1, 0.15) is 0 Å². The van der Waals surface area contributed by atoms with Crippen molar-refractivity contribution in [3.05, 3.63) is 53.3 Å². The quantitative estimate of drug-likeness (QED) is 0.886. The Kier molecular flexibility index (Phi) is 3.87. The van der Waals surface area contributed by atoms with Crippen LogP contribution in [0.5, 0.6) is 0 Å². The first-order chi connectivity index (χ1) is 9.34. The molecule has 0 aromatic heterocycles. The summed E-state index contributed by atoms with van der Waals surface area (Å²) in [5.74, 6) is -0.600. The maximum atomic E-state index is 13.1. The monoisotopic (exact) mass is 314 g/mol. The zero-order chi connectivity index (χ0) is 14.9. The molecule has 2 rings (SSSR count). The molecule has 2 aromatic carbocycles. The van der Waals surface area contributed by atoms with E-state index in [0.29, 0.717) is 0 Å². The third kappa shape index (κ3) is 2.57. The number of hydrogen-bond acceptors (Lipinski definition) is 3. The topological polar surface area (TPSA) is 63.4 Å².